The summed E-state index contributed by atoms with van der Waals surface area (Å²) in [4.78, 5) is 2.20. The van der Waals surface area contributed by atoms with E-state index in [1.807, 2.05) is 12.1 Å². The maximum Gasteiger partial charge on any atom is 0.126 e. The van der Waals surface area contributed by atoms with Crippen molar-refractivity contribution in [1.29, 1.82) is 5.41 Å². The molecule has 0 aromatic heterocycles. The van der Waals surface area contributed by atoms with Gasteiger partial charge in [-0.1, -0.05) is 17.7 Å². The van der Waals surface area contributed by atoms with Gasteiger partial charge in [0.25, 0.3) is 0 Å². The number of hydrogen-bond acceptors (Lipinski definition) is 3. The van der Waals surface area contributed by atoms with E-state index < -0.39 is 0 Å². The van der Waals surface area contributed by atoms with Crippen LogP contribution in [0, 0.1) is 5.41 Å². The maximum absolute atomic E-state index is 7.77. The zero-order chi connectivity index (χ0) is 15.1. The number of halogens is 1. The highest BCUT2D eigenvalue weighted by Crippen LogP contribution is 2.34. The third-order valence-corrected chi connectivity index (χ3v) is 3.61. The molecule has 0 radical (unpaired) electrons. The molecular weight excluding hydrogens is 274 g/mol. The Morgan fingerprint density at radius 2 is 1.80 bits per heavy atom. The summed E-state index contributed by atoms with van der Waals surface area (Å²) in [5.74, 6) is -0.00676. The largest absolute Gasteiger partial charge is 0.384 e. The van der Waals surface area contributed by atoms with Gasteiger partial charge in [0, 0.05) is 18.8 Å². The quantitative estimate of drug-likeness (QED) is 0.651. The Morgan fingerprint density at radius 1 is 1.25 bits per heavy atom. The van der Waals surface area contributed by atoms with Crippen LogP contribution in [-0.4, -0.2) is 30.1 Å². The van der Waals surface area contributed by atoms with Crippen molar-refractivity contribution < 1.29 is 4.74 Å². The smallest absolute Gasteiger partial charge is 0.126 e. The van der Waals surface area contributed by atoms with Crippen LogP contribution in [0.1, 0.15) is 33.3 Å². The van der Waals surface area contributed by atoms with Crippen molar-refractivity contribution in [3.05, 3.63) is 28.8 Å². The van der Waals surface area contributed by atoms with E-state index in [4.69, 9.17) is 27.5 Å². The predicted molar refractivity (Wildman–Crippen MR) is 83.9 cm³/mol. The van der Waals surface area contributed by atoms with Crippen LogP contribution < -0.4 is 10.6 Å². The Bertz CT molecular complexity index is 524. The third-order valence-electron chi connectivity index (χ3n) is 3.30. The van der Waals surface area contributed by atoms with Gasteiger partial charge in [-0.15, -0.1) is 0 Å². The summed E-state index contributed by atoms with van der Waals surface area (Å²) in [6.07, 6.45) is 0. The molecule has 0 bridgehead atoms. The number of nitrogens with one attached hydrogen (secondary N) is 1. The highest BCUT2D eigenvalue weighted by atomic mass is 35.5. The normalized spacial score (nSPS) is 20.8. The van der Waals surface area contributed by atoms with E-state index in [1.165, 1.54) is 0 Å². The lowest BCUT2D eigenvalue weighted by molar-refractivity contribution is -0.133. The minimum Gasteiger partial charge on any atom is -0.384 e. The first-order chi connectivity index (χ1) is 9.11. The molecule has 110 valence electrons. The van der Waals surface area contributed by atoms with Crippen LogP contribution in [0.15, 0.2) is 18.2 Å². The molecule has 0 aliphatic carbocycles. The Balaban J connectivity index is 2.46. The lowest BCUT2D eigenvalue weighted by atomic mass is 9.97. The summed E-state index contributed by atoms with van der Waals surface area (Å²) in [5.41, 5.74) is 6.66. The minimum absolute atomic E-state index is 0.00676. The molecule has 0 spiro atoms. The fraction of sp³-hybridized carbons (Fsp3) is 0.533. The van der Waals surface area contributed by atoms with E-state index in [1.54, 1.807) is 6.07 Å². The average Bonchev–Trinajstić information content (AvgIpc) is 2.23. The Hall–Kier alpha value is -1.26. The molecule has 20 heavy (non-hydrogen) atoms. The third kappa shape index (κ3) is 3.07. The molecule has 1 saturated heterocycles. The molecule has 1 heterocycles. The summed E-state index contributed by atoms with van der Waals surface area (Å²) in [5, 5.41) is 8.28. The van der Waals surface area contributed by atoms with Gasteiger partial charge >= 0.3 is 0 Å². The van der Waals surface area contributed by atoms with Gasteiger partial charge in [-0.3, -0.25) is 5.41 Å². The summed E-state index contributed by atoms with van der Waals surface area (Å²) < 4.78 is 6.08. The molecule has 1 aliphatic rings. The first-order valence-corrected chi connectivity index (χ1v) is 7.07. The van der Waals surface area contributed by atoms with Crippen molar-refractivity contribution in [3.8, 4) is 0 Å². The van der Waals surface area contributed by atoms with Crippen molar-refractivity contribution in [2.75, 3.05) is 18.0 Å². The zero-order valence-corrected chi connectivity index (χ0v) is 13.2. The molecule has 3 N–H and O–H groups in total. The number of ether oxygens (including phenoxy) is 1. The van der Waals surface area contributed by atoms with Crippen molar-refractivity contribution in [1.82, 2.24) is 0 Å². The number of nitrogen functional groups attached to an aromatic ring is 1. The molecule has 0 amide bonds. The van der Waals surface area contributed by atoms with Gasteiger partial charge < -0.3 is 15.4 Å². The van der Waals surface area contributed by atoms with Crippen molar-refractivity contribution >= 4 is 23.1 Å². The Kier molecular flexibility index (Phi) is 3.73. The molecule has 1 aromatic carbocycles. The lowest BCUT2D eigenvalue weighted by Gasteiger charge is -2.48. The first kappa shape index (κ1) is 15.1. The van der Waals surface area contributed by atoms with Crippen molar-refractivity contribution in [2.24, 2.45) is 5.73 Å². The first-order valence-electron chi connectivity index (χ1n) is 6.69. The van der Waals surface area contributed by atoms with Crippen molar-refractivity contribution in [2.45, 2.75) is 38.9 Å². The molecule has 4 nitrogen and oxygen atoms in total. The van der Waals surface area contributed by atoms with E-state index in [2.05, 4.69) is 32.6 Å². The summed E-state index contributed by atoms with van der Waals surface area (Å²) >= 11 is 6.21. The van der Waals surface area contributed by atoms with Crippen molar-refractivity contribution in [3.63, 3.8) is 0 Å². The number of amidine groups is 1. The summed E-state index contributed by atoms with van der Waals surface area (Å²) in [7, 11) is 0. The van der Waals surface area contributed by atoms with Crippen LogP contribution in [-0.2, 0) is 4.74 Å². The van der Waals surface area contributed by atoms with Gasteiger partial charge in [0.05, 0.1) is 21.8 Å². The Labute approximate surface area is 125 Å². The Morgan fingerprint density at radius 3 is 2.30 bits per heavy atom. The van der Waals surface area contributed by atoms with Crippen LogP contribution in [0.5, 0.6) is 0 Å². The molecule has 1 aliphatic heterocycles. The van der Waals surface area contributed by atoms with E-state index in [0.717, 1.165) is 18.8 Å². The van der Waals surface area contributed by atoms with Crippen LogP contribution in [0.25, 0.3) is 0 Å². The second-order valence-electron chi connectivity index (χ2n) is 6.53. The lowest BCUT2D eigenvalue weighted by Crippen LogP contribution is -2.57. The van der Waals surface area contributed by atoms with Gasteiger partial charge in [0.15, 0.2) is 0 Å². The minimum atomic E-state index is -0.266. The monoisotopic (exact) mass is 295 g/mol. The number of morpholine rings is 1. The molecule has 0 atom stereocenters. The number of nitrogens with zero attached hydrogens (tertiary/aromatic N) is 1. The highest BCUT2D eigenvalue weighted by Gasteiger charge is 2.39. The summed E-state index contributed by atoms with van der Waals surface area (Å²) in [6, 6.07) is 5.61. The van der Waals surface area contributed by atoms with Gasteiger partial charge in [-0.2, -0.15) is 0 Å². The van der Waals surface area contributed by atoms with Gasteiger partial charge in [0.2, 0.25) is 0 Å². The van der Waals surface area contributed by atoms with Gasteiger partial charge in [-0.25, -0.2) is 0 Å². The number of anilines is 1. The number of hydrogen-bond donors (Lipinski definition) is 2. The average molecular weight is 296 g/mol. The summed E-state index contributed by atoms with van der Waals surface area (Å²) in [6.45, 7) is 9.74. The molecule has 5 heteroatoms. The standard InChI is InChI=1S/C15H22ClN3O/c1-14(2)8-19(9-15(3,4)20-14)11-7-5-6-10(16)12(11)13(17)18/h5-7H,8-9H2,1-4H3,(H3,17,18). The van der Waals surface area contributed by atoms with E-state index in [-0.39, 0.29) is 17.0 Å². The van der Waals surface area contributed by atoms with Gasteiger partial charge in [0.1, 0.15) is 5.84 Å². The molecule has 1 aromatic rings. The molecule has 1 fully saturated rings. The van der Waals surface area contributed by atoms with Crippen LogP contribution in [0.2, 0.25) is 5.02 Å². The maximum atomic E-state index is 7.77. The molecular formula is C15H22ClN3O. The topological polar surface area (TPSA) is 62.3 Å². The highest BCUT2D eigenvalue weighted by molar-refractivity contribution is 6.34. The van der Waals surface area contributed by atoms with Crippen LogP contribution in [0.4, 0.5) is 5.69 Å². The van der Waals surface area contributed by atoms with E-state index in [0.29, 0.717) is 10.6 Å². The predicted octanol–water partition coefficient (Wildman–Crippen LogP) is 3.02. The van der Waals surface area contributed by atoms with E-state index in [9.17, 15) is 0 Å². The fourth-order valence-corrected chi connectivity index (χ4v) is 3.27. The number of nitrogens with two attached hydrogens (primary N) is 1. The second-order valence-corrected chi connectivity index (χ2v) is 6.93. The molecule has 0 saturated carbocycles. The molecule has 0 unspecified atom stereocenters. The molecule has 2 rings (SSSR count). The van der Waals surface area contributed by atoms with Crippen LogP contribution >= 0.6 is 11.6 Å². The van der Waals surface area contributed by atoms with E-state index >= 15 is 0 Å². The van der Waals surface area contributed by atoms with Gasteiger partial charge in [-0.05, 0) is 39.8 Å². The number of benzene rings is 1. The number of rotatable bonds is 2. The SMILES string of the molecule is CC1(C)CN(c2cccc(Cl)c2C(=N)N)CC(C)(C)O1. The van der Waals surface area contributed by atoms with Crippen LogP contribution in [0.3, 0.4) is 0 Å². The fourth-order valence-electron chi connectivity index (χ4n) is 3.00. The zero-order valence-electron chi connectivity index (χ0n) is 12.5. The second kappa shape index (κ2) is 4.93.